The fourth-order valence-electron chi connectivity index (χ4n) is 7.23. The summed E-state index contributed by atoms with van der Waals surface area (Å²) in [5.74, 6) is 0.793. The van der Waals surface area contributed by atoms with Gasteiger partial charge in [-0.2, -0.15) is 5.26 Å². The molecule has 2 aromatic heterocycles. The number of nitrogens with zero attached hydrogens (tertiary/aromatic N) is 6. The number of hydrogen-bond donors (Lipinski definition) is 1. The number of H-pyrrole nitrogens is 1. The summed E-state index contributed by atoms with van der Waals surface area (Å²) in [6.45, 7) is 7.94. The fourth-order valence-corrected chi connectivity index (χ4v) is 8.95. The van der Waals surface area contributed by atoms with Crippen LogP contribution >= 0.6 is 8.53 Å². The predicted octanol–water partition coefficient (Wildman–Crippen LogP) is 6.62. The number of methoxy groups -OCH3 is 2. The van der Waals surface area contributed by atoms with Crippen molar-refractivity contribution in [3.63, 3.8) is 0 Å². The van der Waals surface area contributed by atoms with E-state index < -0.39 is 54.9 Å². The topological polar surface area (TPSA) is 198 Å². The summed E-state index contributed by atoms with van der Waals surface area (Å²) in [6.07, 6.45) is 0.955. The van der Waals surface area contributed by atoms with Gasteiger partial charge in [-0.05, 0) is 73.6 Å². The quantitative estimate of drug-likeness (QED) is 0.0306. The minimum absolute atomic E-state index is 0.0331. The number of ether oxygens (including phenoxy) is 4. The van der Waals surface area contributed by atoms with Crippen molar-refractivity contribution < 1.29 is 32.9 Å². The summed E-state index contributed by atoms with van der Waals surface area (Å²) in [4.78, 5) is 43.9. The Balaban J connectivity index is 1.51. The third kappa shape index (κ3) is 9.50. The van der Waals surface area contributed by atoms with Crippen LogP contribution in [0.4, 0.5) is 5.95 Å². The van der Waals surface area contributed by atoms with E-state index in [4.69, 9.17) is 28.0 Å². The first-order valence-electron chi connectivity index (χ1n) is 19.3. The highest BCUT2D eigenvalue weighted by atomic mass is 31.2. The van der Waals surface area contributed by atoms with Crippen LogP contribution in [0.1, 0.15) is 69.0 Å². The first-order valence-corrected chi connectivity index (χ1v) is 20.5. The average Bonchev–Trinajstić information content (AvgIpc) is 3.88. The summed E-state index contributed by atoms with van der Waals surface area (Å²) in [5, 5.41) is 21.0. The third-order valence-corrected chi connectivity index (χ3v) is 12.1. The predicted molar refractivity (Wildman–Crippen MR) is 221 cm³/mol. The van der Waals surface area contributed by atoms with E-state index in [2.05, 4.69) is 20.7 Å². The van der Waals surface area contributed by atoms with Gasteiger partial charge in [0.15, 0.2) is 6.29 Å². The second-order valence-electron chi connectivity index (χ2n) is 14.4. The Morgan fingerprint density at radius 3 is 2.13 bits per heavy atom. The second-order valence-corrected chi connectivity index (χ2v) is 15.8. The molecule has 4 atom stereocenters. The molecule has 60 heavy (non-hydrogen) atoms. The summed E-state index contributed by atoms with van der Waals surface area (Å²) in [7, 11) is 1.33. The molecule has 18 heteroatoms. The van der Waals surface area contributed by atoms with Crippen LogP contribution < -0.4 is 20.7 Å². The van der Waals surface area contributed by atoms with Crippen LogP contribution in [0, 0.1) is 21.4 Å². The molecule has 0 amide bonds. The van der Waals surface area contributed by atoms with Gasteiger partial charge in [0.25, 0.3) is 14.1 Å². The lowest BCUT2D eigenvalue weighted by atomic mass is 9.80. The number of rotatable bonds is 19. The van der Waals surface area contributed by atoms with Crippen molar-refractivity contribution in [3.8, 4) is 17.6 Å². The van der Waals surface area contributed by atoms with Gasteiger partial charge in [0, 0.05) is 24.7 Å². The molecule has 1 aliphatic rings. The van der Waals surface area contributed by atoms with Crippen molar-refractivity contribution in [2.24, 2.45) is 0 Å². The van der Waals surface area contributed by atoms with Crippen LogP contribution in [0.25, 0.3) is 0 Å². The van der Waals surface area contributed by atoms with Crippen LogP contribution in [0.5, 0.6) is 11.5 Å². The lowest BCUT2D eigenvalue weighted by Gasteiger charge is -2.40. The molecule has 6 rings (SSSR count). The second kappa shape index (κ2) is 19.6. The summed E-state index contributed by atoms with van der Waals surface area (Å²) in [6, 6.07) is 26.6. The standard InChI is InChI=1S/C42H48N7O10P/c1-28(2)48(29(3)4)60(56-24-10-21-43)59-36-25-37(47-27-30(38(50)45-41(47)51)26-46-23-22-44-40(46)49(52)53)57-39(36)58-42(31-11-8-7-9-12-31,32-13-17-34(54-5)18-14-32)33-15-19-35(55-6)20-16-33/h7-9,11-20,22-23,27-29,36-37,39H,10,24-26H2,1-6H3,(H,45,50,51)/t36?,37-,39-,60?/m1/s1. The number of nitrogens with one attached hydrogen (secondary N) is 1. The minimum Gasteiger partial charge on any atom is -0.497 e. The third-order valence-electron chi connectivity index (χ3n) is 9.93. The van der Waals surface area contributed by atoms with Crippen LogP contribution in [0.15, 0.2) is 107 Å². The van der Waals surface area contributed by atoms with Gasteiger partial charge in [-0.3, -0.25) is 14.3 Å². The van der Waals surface area contributed by atoms with Crippen molar-refractivity contribution in [2.45, 2.75) is 83.4 Å². The number of benzene rings is 3. The monoisotopic (exact) mass is 841 g/mol. The minimum atomic E-state index is -1.84. The molecule has 1 saturated heterocycles. The molecule has 0 bridgehead atoms. The molecule has 0 spiro atoms. The highest BCUT2D eigenvalue weighted by molar-refractivity contribution is 7.44. The first kappa shape index (κ1) is 43.8. The molecule has 1 N–H and O–H groups in total. The molecule has 2 unspecified atom stereocenters. The molecule has 0 aliphatic carbocycles. The Morgan fingerprint density at radius 1 is 0.983 bits per heavy atom. The van der Waals surface area contributed by atoms with E-state index in [1.165, 1.54) is 27.7 Å². The Morgan fingerprint density at radius 2 is 1.58 bits per heavy atom. The van der Waals surface area contributed by atoms with Crippen LogP contribution in [0.2, 0.25) is 0 Å². The average molecular weight is 842 g/mol. The number of hydrogen-bond acceptors (Lipinski definition) is 13. The number of aromatic amines is 1. The van der Waals surface area contributed by atoms with Crippen LogP contribution in [-0.2, 0) is 30.7 Å². The van der Waals surface area contributed by atoms with E-state index in [9.17, 15) is 25.0 Å². The smallest absolute Gasteiger partial charge is 0.434 e. The molecule has 1 aliphatic heterocycles. The fraction of sp³-hybridized carbons (Fsp3) is 0.381. The molecule has 3 heterocycles. The van der Waals surface area contributed by atoms with E-state index >= 15 is 0 Å². The van der Waals surface area contributed by atoms with E-state index in [-0.39, 0.29) is 43.6 Å². The summed E-state index contributed by atoms with van der Waals surface area (Å²) < 4.78 is 43.0. The number of imidazole rings is 1. The van der Waals surface area contributed by atoms with Gasteiger partial charge < -0.3 is 38.1 Å². The molecule has 3 aromatic carbocycles. The molecule has 1 fully saturated rings. The van der Waals surface area contributed by atoms with Crippen molar-refractivity contribution in [1.82, 2.24) is 23.8 Å². The zero-order valence-corrected chi connectivity index (χ0v) is 35.1. The molecule has 316 valence electrons. The van der Waals surface area contributed by atoms with Crippen molar-refractivity contribution in [1.29, 1.82) is 5.26 Å². The zero-order valence-electron chi connectivity index (χ0n) is 34.2. The highest BCUT2D eigenvalue weighted by Crippen LogP contribution is 2.52. The number of nitriles is 1. The van der Waals surface area contributed by atoms with Crippen LogP contribution in [-0.4, -0.2) is 74.0 Å². The zero-order chi connectivity index (χ0) is 43.0. The number of aromatic nitrogens is 4. The molecule has 0 saturated carbocycles. The van der Waals surface area contributed by atoms with E-state index in [0.29, 0.717) is 11.5 Å². The van der Waals surface area contributed by atoms with Gasteiger partial charge in [0.05, 0.1) is 38.9 Å². The van der Waals surface area contributed by atoms with Gasteiger partial charge in [0.2, 0.25) is 0 Å². The van der Waals surface area contributed by atoms with E-state index in [1.807, 2.05) is 107 Å². The molecule has 17 nitrogen and oxygen atoms in total. The maximum Gasteiger partial charge on any atom is 0.434 e. The van der Waals surface area contributed by atoms with Crippen LogP contribution in [0.3, 0.4) is 0 Å². The highest BCUT2D eigenvalue weighted by Gasteiger charge is 2.49. The van der Waals surface area contributed by atoms with E-state index in [0.717, 1.165) is 16.7 Å². The lowest BCUT2D eigenvalue weighted by molar-refractivity contribution is -0.396. The normalized spacial score (nSPS) is 17.2. The number of nitro groups is 1. The van der Waals surface area contributed by atoms with Crippen molar-refractivity contribution >= 4 is 14.5 Å². The maximum absolute atomic E-state index is 13.7. The Hall–Kier alpha value is -5.73. The van der Waals surface area contributed by atoms with Gasteiger partial charge in [-0.25, -0.2) is 14.0 Å². The Kier molecular flexibility index (Phi) is 14.3. The molecule has 5 aromatic rings. The van der Waals surface area contributed by atoms with Gasteiger partial charge >= 0.3 is 11.6 Å². The largest absolute Gasteiger partial charge is 0.497 e. The maximum atomic E-state index is 13.7. The Labute approximate surface area is 348 Å². The van der Waals surface area contributed by atoms with Crippen molar-refractivity contribution in [2.75, 3.05) is 20.8 Å². The van der Waals surface area contributed by atoms with Gasteiger partial charge in [-0.15, -0.1) is 0 Å². The molecular formula is C42H48N7O10P. The van der Waals surface area contributed by atoms with Crippen molar-refractivity contribution in [3.05, 3.63) is 151 Å². The Bertz CT molecular complexity index is 2310. The lowest BCUT2D eigenvalue weighted by Crippen LogP contribution is -2.42. The van der Waals surface area contributed by atoms with Gasteiger partial charge in [0.1, 0.15) is 48.4 Å². The van der Waals surface area contributed by atoms with E-state index in [1.54, 1.807) is 14.2 Å². The first-order chi connectivity index (χ1) is 28.9. The molecule has 0 radical (unpaired) electrons. The van der Waals surface area contributed by atoms with Gasteiger partial charge in [-0.1, -0.05) is 59.6 Å². The molecular weight excluding hydrogens is 793 g/mol. The summed E-state index contributed by atoms with van der Waals surface area (Å²) in [5.41, 5.74) is -0.642. The summed E-state index contributed by atoms with van der Waals surface area (Å²) >= 11 is 0. The SMILES string of the molecule is COc1ccc(C(O[C@H]2O[C@@H](n3cc(Cn4ccnc4[N+](=O)[O-])c(=O)[nH]c3=O)CC2OP(OCCC#N)N(C(C)C)C(C)C)(c2ccccc2)c2ccc(OC)cc2)cc1.